The number of carbonyl (C=O) groups excluding carboxylic acids is 1. The molecular formula is C23H24N2O3S2. The predicted molar refractivity (Wildman–Crippen MR) is 126 cm³/mol. The van der Waals surface area contributed by atoms with Crippen LogP contribution in [-0.4, -0.2) is 20.1 Å². The van der Waals surface area contributed by atoms with Crippen LogP contribution in [0, 0.1) is 6.92 Å². The molecule has 5 nitrogen and oxygen atoms in total. The second kappa shape index (κ2) is 9.73. The summed E-state index contributed by atoms with van der Waals surface area (Å²) in [4.78, 5) is 14.5. The third-order valence-electron chi connectivity index (χ3n) is 4.41. The molecule has 0 atom stereocenters. The predicted octanol–water partition coefficient (Wildman–Crippen LogP) is 5.53. The fraction of sp³-hybridized carbons (Fsp3) is 0.174. The normalized spacial score (nSPS) is 11.5. The van der Waals surface area contributed by atoms with Crippen LogP contribution >= 0.6 is 11.3 Å². The molecule has 156 valence electrons. The van der Waals surface area contributed by atoms with E-state index in [2.05, 4.69) is 22.2 Å². The Kier molecular flexibility index (Phi) is 7.07. The molecule has 7 heteroatoms. The van der Waals surface area contributed by atoms with Crippen LogP contribution in [0.5, 0.6) is 0 Å². The highest BCUT2D eigenvalue weighted by molar-refractivity contribution is 7.92. The minimum Gasteiger partial charge on any atom is -0.322 e. The van der Waals surface area contributed by atoms with Gasteiger partial charge >= 0.3 is 0 Å². The Balaban J connectivity index is 1.68. The van der Waals surface area contributed by atoms with E-state index in [-0.39, 0.29) is 11.7 Å². The van der Waals surface area contributed by atoms with Gasteiger partial charge in [0.1, 0.15) is 0 Å². The minimum atomic E-state index is -3.39. The maximum atomic E-state index is 12.4. The molecular weight excluding hydrogens is 416 g/mol. The third kappa shape index (κ3) is 5.81. The van der Waals surface area contributed by atoms with E-state index in [1.807, 2.05) is 37.3 Å². The number of anilines is 2. The molecule has 0 aliphatic carbocycles. The Morgan fingerprint density at radius 2 is 1.73 bits per heavy atom. The van der Waals surface area contributed by atoms with Crippen molar-refractivity contribution in [2.45, 2.75) is 20.3 Å². The van der Waals surface area contributed by atoms with Crippen LogP contribution in [0.4, 0.5) is 11.4 Å². The number of carbonyl (C=O) groups is 1. The lowest BCUT2D eigenvalue weighted by atomic mass is 10.1. The lowest BCUT2D eigenvalue weighted by Crippen LogP contribution is -2.17. The second-order valence-electron chi connectivity index (χ2n) is 6.79. The molecule has 0 saturated heterocycles. The number of thiophene rings is 1. The van der Waals surface area contributed by atoms with Gasteiger partial charge in [0, 0.05) is 21.5 Å². The van der Waals surface area contributed by atoms with Crippen molar-refractivity contribution < 1.29 is 13.2 Å². The molecule has 3 aromatic rings. The molecule has 1 heterocycles. The van der Waals surface area contributed by atoms with Crippen molar-refractivity contribution in [3.05, 3.63) is 77.2 Å². The van der Waals surface area contributed by atoms with Crippen LogP contribution in [0.3, 0.4) is 0 Å². The molecule has 0 aliphatic rings. The summed E-state index contributed by atoms with van der Waals surface area (Å²) < 4.78 is 26.7. The number of sulfonamides is 1. The highest BCUT2D eigenvalue weighted by Crippen LogP contribution is 2.29. The van der Waals surface area contributed by atoms with Crippen molar-refractivity contribution in [1.82, 2.24) is 0 Å². The topological polar surface area (TPSA) is 75.3 Å². The van der Waals surface area contributed by atoms with Crippen molar-refractivity contribution in [3.63, 3.8) is 0 Å². The summed E-state index contributed by atoms with van der Waals surface area (Å²) in [5.74, 6) is -0.223. The van der Waals surface area contributed by atoms with E-state index < -0.39 is 10.0 Å². The van der Waals surface area contributed by atoms with Crippen molar-refractivity contribution in [1.29, 1.82) is 0 Å². The van der Waals surface area contributed by atoms with E-state index in [0.717, 1.165) is 15.3 Å². The van der Waals surface area contributed by atoms with Crippen molar-refractivity contribution >= 4 is 44.7 Å². The van der Waals surface area contributed by atoms with Crippen LogP contribution in [-0.2, 0) is 14.8 Å². The Hall–Kier alpha value is -2.90. The Morgan fingerprint density at radius 1 is 1.00 bits per heavy atom. The van der Waals surface area contributed by atoms with E-state index in [9.17, 15) is 13.2 Å². The number of hydrogen-bond acceptors (Lipinski definition) is 4. The molecule has 0 fully saturated rings. The van der Waals surface area contributed by atoms with Crippen molar-refractivity contribution in [3.8, 4) is 10.4 Å². The Bertz CT molecular complexity index is 1150. The summed E-state index contributed by atoms with van der Waals surface area (Å²) in [6.07, 6.45) is 3.79. The average Bonchev–Trinajstić information content (AvgIpc) is 3.19. The molecule has 0 spiro atoms. The molecule has 0 unspecified atom stereocenters. The van der Waals surface area contributed by atoms with Crippen LogP contribution in [0.25, 0.3) is 16.5 Å². The summed E-state index contributed by atoms with van der Waals surface area (Å²) in [5, 5.41) is 2.82. The van der Waals surface area contributed by atoms with Gasteiger partial charge in [-0.2, -0.15) is 0 Å². The molecule has 0 bridgehead atoms. The maximum absolute atomic E-state index is 12.4. The molecule has 1 amide bonds. The van der Waals surface area contributed by atoms with Gasteiger partial charge in [-0.15, -0.1) is 11.3 Å². The lowest BCUT2D eigenvalue weighted by molar-refractivity contribution is -0.111. The Labute approximate surface area is 181 Å². The van der Waals surface area contributed by atoms with Crippen molar-refractivity contribution in [2.24, 2.45) is 0 Å². The van der Waals surface area contributed by atoms with E-state index in [1.165, 1.54) is 6.08 Å². The first-order valence-electron chi connectivity index (χ1n) is 9.62. The van der Waals surface area contributed by atoms with E-state index in [0.29, 0.717) is 23.4 Å². The zero-order valence-corrected chi connectivity index (χ0v) is 18.5. The van der Waals surface area contributed by atoms with Gasteiger partial charge in [0.15, 0.2) is 0 Å². The number of hydrogen-bond donors (Lipinski definition) is 2. The van der Waals surface area contributed by atoms with Crippen molar-refractivity contribution in [2.75, 3.05) is 15.8 Å². The summed E-state index contributed by atoms with van der Waals surface area (Å²) in [6, 6.07) is 19.2. The number of benzene rings is 2. The second-order valence-corrected chi connectivity index (χ2v) is 9.75. The van der Waals surface area contributed by atoms with Gasteiger partial charge in [0.05, 0.1) is 11.4 Å². The largest absolute Gasteiger partial charge is 0.322 e. The number of rotatable bonds is 8. The third-order valence-corrected chi connectivity index (χ3v) is 6.99. The Morgan fingerprint density at radius 3 is 2.47 bits per heavy atom. The molecule has 0 aliphatic heterocycles. The first-order valence-corrected chi connectivity index (χ1v) is 12.1. The summed E-state index contributed by atoms with van der Waals surface area (Å²) >= 11 is 1.61. The van der Waals surface area contributed by atoms with Crippen LogP contribution in [0.1, 0.15) is 23.8 Å². The molecule has 0 saturated carbocycles. The maximum Gasteiger partial charge on any atom is 0.248 e. The zero-order chi connectivity index (χ0) is 21.6. The molecule has 2 N–H and O–H groups in total. The van der Waals surface area contributed by atoms with Gasteiger partial charge in [-0.25, -0.2) is 8.42 Å². The molecule has 0 radical (unpaired) electrons. The highest BCUT2D eigenvalue weighted by atomic mass is 32.2. The van der Waals surface area contributed by atoms with Crippen LogP contribution < -0.4 is 10.0 Å². The monoisotopic (exact) mass is 440 g/mol. The van der Waals surface area contributed by atoms with Gasteiger partial charge < -0.3 is 5.32 Å². The van der Waals surface area contributed by atoms with Crippen LogP contribution in [0.2, 0.25) is 0 Å². The summed E-state index contributed by atoms with van der Waals surface area (Å²) in [5.41, 5.74) is 2.85. The summed E-state index contributed by atoms with van der Waals surface area (Å²) in [6.45, 7) is 3.58. The average molecular weight is 441 g/mol. The fourth-order valence-electron chi connectivity index (χ4n) is 2.90. The lowest BCUT2D eigenvalue weighted by Gasteiger charge is -2.13. The van der Waals surface area contributed by atoms with Gasteiger partial charge in [-0.3, -0.25) is 9.52 Å². The zero-order valence-electron chi connectivity index (χ0n) is 16.9. The molecule has 2 aromatic carbocycles. The fourth-order valence-corrected chi connectivity index (χ4v) is 5.01. The van der Waals surface area contributed by atoms with Gasteiger partial charge in [-0.1, -0.05) is 43.3 Å². The summed E-state index contributed by atoms with van der Waals surface area (Å²) in [7, 11) is -3.39. The van der Waals surface area contributed by atoms with Gasteiger partial charge in [0.2, 0.25) is 15.9 Å². The van der Waals surface area contributed by atoms with E-state index in [4.69, 9.17) is 0 Å². The molecule has 1 aromatic heterocycles. The quantitative estimate of drug-likeness (QED) is 0.452. The molecule has 30 heavy (non-hydrogen) atoms. The SMILES string of the molecule is CCCS(=O)(=O)Nc1cccc(NC(=O)/C=C/c2ccc(-c3ccccc3)s2)c1C. The minimum absolute atomic E-state index is 0.0531. The smallest absolute Gasteiger partial charge is 0.248 e. The standard InChI is InChI=1S/C23H24N2O3S2/c1-3-16-30(27,28)25-21-11-7-10-20(17(21)2)24-23(26)15-13-19-12-14-22(29-19)18-8-5-4-6-9-18/h4-15,25H,3,16H2,1-2H3,(H,24,26)/b15-13+. The first-order chi connectivity index (χ1) is 14.4. The van der Waals surface area contributed by atoms with Gasteiger partial charge in [-0.05, 0) is 54.8 Å². The van der Waals surface area contributed by atoms with Gasteiger partial charge in [0.25, 0.3) is 0 Å². The first kappa shape index (κ1) is 21.8. The van der Waals surface area contributed by atoms with E-state index in [1.54, 1.807) is 42.5 Å². The number of nitrogens with one attached hydrogen (secondary N) is 2. The van der Waals surface area contributed by atoms with Crippen LogP contribution in [0.15, 0.2) is 66.7 Å². The number of amides is 1. The van der Waals surface area contributed by atoms with E-state index >= 15 is 0 Å². The highest BCUT2D eigenvalue weighted by Gasteiger charge is 2.13. The molecule has 3 rings (SSSR count).